The van der Waals surface area contributed by atoms with Gasteiger partial charge in [0.15, 0.2) is 6.10 Å². The van der Waals surface area contributed by atoms with Crippen LogP contribution in [-0.4, -0.2) is 31.1 Å². The number of hydrogen-bond donors (Lipinski definition) is 0. The lowest BCUT2D eigenvalue weighted by Crippen LogP contribution is -2.39. The van der Waals surface area contributed by atoms with Crippen molar-refractivity contribution in [1.29, 1.82) is 0 Å². The minimum Gasteiger partial charge on any atom is -0.497 e. The summed E-state index contributed by atoms with van der Waals surface area (Å²) in [5.41, 5.74) is 3.31. The molecular weight excluding hydrogens is 314 g/mol. The molecule has 4 nitrogen and oxygen atoms in total. The minimum atomic E-state index is -0.482. The second-order valence-electron chi connectivity index (χ2n) is 6.38. The Morgan fingerprint density at radius 3 is 2.16 bits per heavy atom. The number of carbonyl (C=O) groups is 1. The Hall–Kier alpha value is -2.49. The van der Waals surface area contributed by atoms with Gasteiger partial charge in [-0.2, -0.15) is 0 Å². The molecule has 0 spiro atoms. The van der Waals surface area contributed by atoms with Crippen LogP contribution in [0.4, 0.5) is 0 Å². The highest BCUT2D eigenvalue weighted by molar-refractivity contribution is 5.81. The largest absolute Gasteiger partial charge is 0.497 e. The van der Waals surface area contributed by atoms with Crippen molar-refractivity contribution in [3.63, 3.8) is 0 Å². The van der Waals surface area contributed by atoms with Gasteiger partial charge < -0.3 is 14.4 Å². The van der Waals surface area contributed by atoms with Crippen LogP contribution in [0.1, 0.15) is 30.0 Å². The van der Waals surface area contributed by atoms with E-state index in [0.29, 0.717) is 13.0 Å². The van der Waals surface area contributed by atoms with Crippen LogP contribution in [0, 0.1) is 13.8 Å². The zero-order valence-electron chi connectivity index (χ0n) is 15.7. The van der Waals surface area contributed by atoms with Gasteiger partial charge in [-0.1, -0.05) is 25.1 Å². The van der Waals surface area contributed by atoms with Gasteiger partial charge in [-0.3, -0.25) is 4.79 Å². The van der Waals surface area contributed by atoms with E-state index in [4.69, 9.17) is 9.47 Å². The maximum atomic E-state index is 12.8. The fraction of sp³-hybridized carbons (Fsp3) is 0.381. The second-order valence-corrected chi connectivity index (χ2v) is 6.38. The molecular formula is C21H27NO3. The van der Waals surface area contributed by atoms with Crippen LogP contribution in [0.5, 0.6) is 11.5 Å². The van der Waals surface area contributed by atoms with Crippen molar-refractivity contribution in [2.45, 2.75) is 39.8 Å². The summed E-state index contributed by atoms with van der Waals surface area (Å²) in [6.07, 6.45) is 0.142. The first-order valence-electron chi connectivity index (χ1n) is 8.55. The molecule has 0 saturated carbocycles. The number of benzene rings is 2. The fourth-order valence-corrected chi connectivity index (χ4v) is 2.80. The molecule has 2 rings (SSSR count). The summed E-state index contributed by atoms with van der Waals surface area (Å²) in [4.78, 5) is 14.5. The third-order valence-electron chi connectivity index (χ3n) is 4.07. The highest BCUT2D eigenvalue weighted by atomic mass is 16.5. The Morgan fingerprint density at radius 1 is 1.04 bits per heavy atom. The third kappa shape index (κ3) is 5.24. The van der Waals surface area contributed by atoms with E-state index in [2.05, 4.69) is 6.07 Å². The molecule has 0 unspecified atom stereocenters. The number of methoxy groups -OCH3 is 1. The van der Waals surface area contributed by atoms with Crippen LogP contribution in [0.25, 0.3) is 0 Å². The lowest BCUT2D eigenvalue weighted by atomic mass is 10.1. The lowest BCUT2D eigenvalue weighted by molar-refractivity contribution is -0.138. The van der Waals surface area contributed by atoms with Crippen LogP contribution >= 0.6 is 0 Å². The number of nitrogens with zero attached hydrogens (tertiary/aromatic N) is 1. The quantitative estimate of drug-likeness (QED) is 0.760. The van der Waals surface area contributed by atoms with E-state index in [1.807, 2.05) is 57.2 Å². The van der Waals surface area contributed by atoms with Crippen molar-refractivity contribution >= 4 is 5.91 Å². The van der Waals surface area contributed by atoms with Gasteiger partial charge in [0, 0.05) is 13.6 Å². The topological polar surface area (TPSA) is 38.8 Å². The molecule has 0 aliphatic heterocycles. The van der Waals surface area contributed by atoms with Crippen LogP contribution in [-0.2, 0) is 11.3 Å². The number of carbonyl (C=O) groups excluding carboxylic acids is 1. The predicted molar refractivity (Wildman–Crippen MR) is 100 cm³/mol. The van der Waals surface area contributed by atoms with Gasteiger partial charge in [0.05, 0.1) is 7.11 Å². The molecule has 0 aromatic heterocycles. The molecule has 0 N–H and O–H groups in total. The van der Waals surface area contributed by atoms with Crippen molar-refractivity contribution in [1.82, 2.24) is 4.90 Å². The molecule has 4 heteroatoms. The van der Waals surface area contributed by atoms with Crippen molar-refractivity contribution in [3.05, 3.63) is 59.2 Å². The van der Waals surface area contributed by atoms with Crippen LogP contribution in [0.2, 0.25) is 0 Å². The van der Waals surface area contributed by atoms with Gasteiger partial charge in [-0.25, -0.2) is 0 Å². The Balaban J connectivity index is 2.04. The van der Waals surface area contributed by atoms with E-state index in [0.717, 1.165) is 28.2 Å². The Bertz CT molecular complexity index is 689. The molecule has 2 aromatic rings. The van der Waals surface area contributed by atoms with Gasteiger partial charge >= 0.3 is 0 Å². The predicted octanol–water partition coefficient (Wildman–Crippen LogP) is 4.13. The number of hydrogen-bond acceptors (Lipinski definition) is 3. The molecule has 0 saturated heterocycles. The molecule has 0 radical (unpaired) electrons. The molecule has 25 heavy (non-hydrogen) atoms. The molecule has 0 fully saturated rings. The van der Waals surface area contributed by atoms with Crippen LogP contribution in [0.15, 0.2) is 42.5 Å². The normalized spacial score (nSPS) is 11.7. The Labute approximate surface area is 150 Å². The SMILES string of the molecule is CC[C@H](Oc1cc(C)cc(C)c1)C(=O)N(C)Cc1ccc(OC)cc1. The third-order valence-corrected chi connectivity index (χ3v) is 4.07. The Kier molecular flexibility index (Phi) is 6.45. The first-order chi connectivity index (χ1) is 11.9. The summed E-state index contributed by atoms with van der Waals surface area (Å²) in [7, 11) is 3.45. The number of aryl methyl sites for hydroxylation is 2. The second kappa shape index (κ2) is 8.56. The summed E-state index contributed by atoms with van der Waals surface area (Å²) in [5.74, 6) is 1.54. The van der Waals surface area contributed by atoms with Gasteiger partial charge in [-0.05, 0) is 61.2 Å². The van der Waals surface area contributed by atoms with Crippen molar-refractivity contribution < 1.29 is 14.3 Å². The zero-order chi connectivity index (χ0) is 18.4. The summed E-state index contributed by atoms with van der Waals surface area (Å²) >= 11 is 0. The van der Waals surface area contributed by atoms with Crippen molar-refractivity contribution in [2.75, 3.05) is 14.2 Å². The first-order valence-corrected chi connectivity index (χ1v) is 8.55. The average molecular weight is 341 g/mol. The van der Waals surface area contributed by atoms with E-state index in [-0.39, 0.29) is 5.91 Å². The first kappa shape index (κ1) is 18.8. The fourth-order valence-electron chi connectivity index (χ4n) is 2.80. The van der Waals surface area contributed by atoms with Crippen LogP contribution < -0.4 is 9.47 Å². The van der Waals surface area contributed by atoms with E-state index in [1.165, 1.54) is 0 Å². The van der Waals surface area contributed by atoms with Gasteiger partial charge in [0.25, 0.3) is 5.91 Å². The molecule has 1 amide bonds. The molecule has 1 atom stereocenters. The van der Waals surface area contributed by atoms with E-state index in [9.17, 15) is 4.79 Å². The molecule has 0 aliphatic rings. The molecule has 2 aromatic carbocycles. The number of likely N-dealkylation sites (N-methyl/N-ethyl adjacent to an activating group) is 1. The number of rotatable bonds is 7. The van der Waals surface area contributed by atoms with E-state index < -0.39 is 6.10 Å². The summed E-state index contributed by atoms with van der Waals surface area (Å²) in [5, 5.41) is 0. The van der Waals surface area contributed by atoms with Crippen LogP contribution in [0.3, 0.4) is 0 Å². The molecule has 0 bridgehead atoms. The standard InChI is InChI=1S/C21H27NO3/c1-6-20(25-19-12-15(2)11-16(3)13-19)21(23)22(4)14-17-7-9-18(24-5)10-8-17/h7-13,20H,6,14H2,1-5H3/t20-/m0/s1. The lowest BCUT2D eigenvalue weighted by Gasteiger charge is -2.24. The Morgan fingerprint density at radius 2 is 1.64 bits per heavy atom. The maximum absolute atomic E-state index is 12.8. The number of amides is 1. The van der Waals surface area contributed by atoms with E-state index in [1.54, 1.807) is 19.1 Å². The highest BCUT2D eigenvalue weighted by Crippen LogP contribution is 2.20. The van der Waals surface area contributed by atoms with Crippen molar-refractivity contribution in [2.24, 2.45) is 0 Å². The van der Waals surface area contributed by atoms with Gasteiger partial charge in [-0.15, -0.1) is 0 Å². The van der Waals surface area contributed by atoms with Gasteiger partial charge in [0.2, 0.25) is 0 Å². The highest BCUT2D eigenvalue weighted by Gasteiger charge is 2.22. The molecule has 134 valence electrons. The summed E-state index contributed by atoms with van der Waals surface area (Å²) in [6.45, 7) is 6.55. The summed E-state index contributed by atoms with van der Waals surface area (Å²) in [6, 6.07) is 13.8. The minimum absolute atomic E-state index is 0.0162. The van der Waals surface area contributed by atoms with Gasteiger partial charge in [0.1, 0.15) is 11.5 Å². The average Bonchev–Trinajstić information content (AvgIpc) is 2.58. The maximum Gasteiger partial charge on any atom is 0.263 e. The monoisotopic (exact) mass is 341 g/mol. The zero-order valence-corrected chi connectivity index (χ0v) is 15.7. The van der Waals surface area contributed by atoms with Crippen molar-refractivity contribution in [3.8, 4) is 11.5 Å². The van der Waals surface area contributed by atoms with E-state index >= 15 is 0 Å². The molecule has 0 aliphatic carbocycles. The smallest absolute Gasteiger partial charge is 0.263 e. The number of ether oxygens (including phenoxy) is 2. The summed E-state index contributed by atoms with van der Waals surface area (Å²) < 4.78 is 11.1. The molecule has 0 heterocycles.